The summed E-state index contributed by atoms with van der Waals surface area (Å²) in [5.41, 5.74) is 5.39. The Bertz CT molecular complexity index is 597. The molecule has 0 radical (unpaired) electrons. The highest BCUT2D eigenvalue weighted by atomic mass is 16.1. The molecule has 0 fully saturated rings. The van der Waals surface area contributed by atoms with Crippen molar-refractivity contribution in [1.29, 1.82) is 0 Å². The molecule has 0 saturated carbocycles. The summed E-state index contributed by atoms with van der Waals surface area (Å²) < 4.78 is 1.87. The van der Waals surface area contributed by atoms with E-state index in [1.807, 2.05) is 17.8 Å². The topological polar surface area (TPSA) is 34.9 Å². The van der Waals surface area contributed by atoms with E-state index in [9.17, 15) is 4.79 Å². The molecule has 0 aliphatic heterocycles. The molecule has 0 atom stereocenters. The van der Waals surface area contributed by atoms with Gasteiger partial charge < -0.3 is 0 Å². The van der Waals surface area contributed by atoms with Gasteiger partial charge in [0.15, 0.2) is 0 Å². The van der Waals surface area contributed by atoms with Crippen LogP contribution in [0.2, 0.25) is 0 Å². The fourth-order valence-electron chi connectivity index (χ4n) is 2.03. The summed E-state index contributed by atoms with van der Waals surface area (Å²) >= 11 is 0. The van der Waals surface area contributed by atoms with Crippen LogP contribution in [0.4, 0.5) is 0 Å². The smallest absolute Gasteiger partial charge is 0.134 e. The Balaban J connectivity index is 2.45. The first-order chi connectivity index (χ1) is 8.47. The van der Waals surface area contributed by atoms with Gasteiger partial charge in [0.25, 0.3) is 0 Å². The number of aromatic nitrogens is 2. The number of nitrogens with zero attached hydrogens (tertiary/aromatic N) is 2. The minimum atomic E-state index is 0.165. The van der Waals surface area contributed by atoms with E-state index in [1.165, 1.54) is 11.1 Å². The molecular formula is C15H18N2O. The van der Waals surface area contributed by atoms with Crippen molar-refractivity contribution >= 4 is 5.78 Å². The predicted molar refractivity (Wildman–Crippen MR) is 72.2 cm³/mol. The second-order valence-electron chi connectivity index (χ2n) is 4.85. The summed E-state index contributed by atoms with van der Waals surface area (Å²) in [6, 6.07) is 6.29. The molecule has 0 unspecified atom stereocenters. The Morgan fingerprint density at radius 2 is 2.00 bits per heavy atom. The predicted octanol–water partition coefficient (Wildman–Crippen LogP) is 2.93. The molecule has 2 rings (SSSR count). The minimum Gasteiger partial charge on any atom is -0.300 e. The summed E-state index contributed by atoms with van der Waals surface area (Å²) in [7, 11) is 0. The second kappa shape index (κ2) is 4.77. The highest BCUT2D eigenvalue weighted by Gasteiger charge is 2.09. The normalized spacial score (nSPS) is 10.7. The van der Waals surface area contributed by atoms with Gasteiger partial charge in [0.1, 0.15) is 5.78 Å². The lowest BCUT2D eigenvalue weighted by Crippen LogP contribution is -1.98. The van der Waals surface area contributed by atoms with Crippen LogP contribution in [0, 0.1) is 20.8 Å². The average molecular weight is 242 g/mol. The lowest BCUT2D eigenvalue weighted by Gasteiger charge is -2.06. The van der Waals surface area contributed by atoms with E-state index in [4.69, 9.17) is 0 Å². The summed E-state index contributed by atoms with van der Waals surface area (Å²) in [5.74, 6) is 0.165. The van der Waals surface area contributed by atoms with Crippen molar-refractivity contribution in [2.75, 3.05) is 0 Å². The minimum absolute atomic E-state index is 0.165. The lowest BCUT2D eigenvalue weighted by atomic mass is 10.1. The zero-order valence-electron chi connectivity index (χ0n) is 11.3. The molecule has 0 bridgehead atoms. The molecule has 1 heterocycles. The van der Waals surface area contributed by atoms with Crippen LogP contribution >= 0.6 is 0 Å². The number of benzene rings is 1. The molecule has 0 amide bonds. The highest BCUT2D eigenvalue weighted by Crippen LogP contribution is 2.17. The molecule has 18 heavy (non-hydrogen) atoms. The van der Waals surface area contributed by atoms with Crippen LogP contribution in [-0.4, -0.2) is 15.6 Å². The molecule has 94 valence electrons. The van der Waals surface area contributed by atoms with Gasteiger partial charge in [-0.1, -0.05) is 12.1 Å². The van der Waals surface area contributed by atoms with Gasteiger partial charge in [-0.05, 0) is 44.9 Å². The maximum absolute atomic E-state index is 11.2. The van der Waals surface area contributed by atoms with Crippen molar-refractivity contribution in [3.8, 4) is 5.69 Å². The van der Waals surface area contributed by atoms with Crippen LogP contribution < -0.4 is 0 Å². The van der Waals surface area contributed by atoms with Crippen molar-refractivity contribution in [3.05, 3.63) is 46.8 Å². The van der Waals surface area contributed by atoms with E-state index in [-0.39, 0.29) is 5.78 Å². The van der Waals surface area contributed by atoms with Crippen LogP contribution in [-0.2, 0) is 11.2 Å². The average Bonchev–Trinajstić information content (AvgIpc) is 2.63. The molecule has 1 aromatic heterocycles. The van der Waals surface area contributed by atoms with Gasteiger partial charge in [0.05, 0.1) is 11.4 Å². The van der Waals surface area contributed by atoms with Crippen LogP contribution in [0.15, 0.2) is 24.4 Å². The zero-order chi connectivity index (χ0) is 13.3. The molecule has 3 heteroatoms. The van der Waals surface area contributed by atoms with Crippen molar-refractivity contribution in [3.63, 3.8) is 0 Å². The van der Waals surface area contributed by atoms with Crippen LogP contribution in [0.1, 0.15) is 29.3 Å². The third-order valence-corrected chi connectivity index (χ3v) is 3.05. The lowest BCUT2D eigenvalue weighted by molar-refractivity contribution is -0.116. The Hall–Kier alpha value is -1.90. The van der Waals surface area contributed by atoms with Gasteiger partial charge in [0, 0.05) is 18.2 Å². The monoisotopic (exact) mass is 242 g/mol. The summed E-state index contributed by atoms with van der Waals surface area (Å²) in [6.45, 7) is 7.68. The van der Waals surface area contributed by atoms with Gasteiger partial charge >= 0.3 is 0 Å². The van der Waals surface area contributed by atoms with E-state index in [2.05, 4.69) is 37.1 Å². The fourth-order valence-corrected chi connectivity index (χ4v) is 2.03. The standard InChI is InChI=1S/C15H18N2O/c1-10-5-6-11(2)15(7-10)17-9-14(8-12(3)18)13(4)16-17/h5-7,9H,8H2,1-4H3. The van der Waals surface area contributed by atoms with Crippen molar-refractivity contribution in [1.82, 2.24) is 9.78 Å². The molecule has 0 spiro atoms. The molecule has 3 nitrogen and oxygen atoms in total. The van der Waals surface area contributed by atoms with Crippen molar-refractivity contribution < 1.29 is 4.79 Å². The number of carbonyl (C=O) groups excluding carboxylic acids is 1. The summed E-state index contributed by atoms with van der Waals surface area (Å²) in [5, 5.41) is 4.50. The molecular weight excluding hydrogens is 224 g/mol. The molecule has 0 saturated heterocycles. The Labute approximate surface area is 107 Å². The van der Waals surface area contributed by atoms with E-state index in [0.29, 0.717) is 6.42 Å². The number of aryl methyl sites for hydroxylation is 3. The van der Waals surface area contributed by atoms with Gasteiger partial charge in [-0.15, -0.1) is 0 Å². The van der Waals surface area contributed by atoms with Crippen molar-refractivity contribution in [2.24, 2.45) is 0 Å². The number of Topliss-reactive ketones (excluding diaryl/α,β-unsaturated/α-hetero) is 1. The first-order valence-electron chi connectivity index (χ1n) is 6.09. The number of ketones is 1. The first kappa shape index (κ1) is 12.6. The number of hydrogen-bond acceptors (Lipinski definition) is 2. The maximum atomic E-state index is 11.2. The fraction of sp³-hybridized carbons (Fsp3) is 0.333. The molecule has 0 aliphatic carbocycles. The van der Waals surface area contributed by atoms with Crippen LogP contribution in [0.25, 0.3) is 5.69 Å². The Kier molecular flexibility index (Phi) is 3.32. The largest absolute Gasteiger partial charge is 0.300 e. The third-order valence-electron chi connectivity index (χ3n) is 3.05. The molecule has 2 aromatic rings. The molecule has 0 N–H and O–H groups in total. The highest BCUT2D eigenvalue weighted by molar-refractivity contribution is 5.78. The van der Waals surface area contributed by atoms with Gasteiger partial charge in [-0.2, -0.15) is 5.10 Å². The summed E-state index contributed by atoms with van der Waals surface area (Å²) in [6.07, 6.45) is 2.41. The van der Waals surface area contributed by atoms with Gasteiger partial charge in [0.2, 0.25) is 0 Å². The second-order valence-corrected chi connectivity index (χ2v) is 4.85. The summed E-state index contributed by atoms with van der Waals surface area (Å²) in [4.78, 5) is 11.2. The van der Waals surface area contributed by atoms with E-state index >= 15 is 0 Å². The third kappa shape index (κ3) is 2.50. The number of hydrogen-bond donors (Lipinski definition) is 0. The quantitative estimate of drug-likeness (QED) is 0.829. The number of carbonyl (C=O) groups is 1. The van der Waals surface area contributed by atoms with Crippen LogP contribution in [0.3, 0.4) is 0 Å². The van der Waals surface area contributed by atoms with Crippen molar-refractivity contribution in [2.45, 2.75) is 34.1 Å². The molecule has 1 aromatic carbocycles. The maximum Gasteiger partial charge on any atom is 0.134 e. The van der Waals surface area contributed by atoms with Gasteiger partial charge in [-0.25, -0.2) is 4.68 Å². The van der Waals surface area contributed by atoms with Crippen LogP contribution in [0.5, 0.6) is 0 Å². The SMILES string of the molecule is CC(=O)Cc1cn(-c2cc(C)ccc2C)nc1C. The van der Waals surface area contributed by atoms with E-state index in [1.54, 1.807) is 6.92 Å². The Morgan fingerprint density at radius 3 is 2.67 bits per heavy atom. The number of rotatable bonds is 3. The first-order valence-corrected chi connectivity index (χ1v) is 6.09. The van der Waals surface area contributed by atoms with E-state index in [0.717, 1.165) is 16.9 Å². The van der Waals surface area contributed by atoms with E-state index < -0.39 is 0 Å². The zero-order valence-corrected chi connectivity index (χ0v) is 11.3. The molecule has 0 aliphatic rings. The Morgan fingerprint density at radius 1 is 1.28 bits per heavy atom. The van der Waals surface area contributed by atoms with Gasteiger partial charge in [-0.3, -0.25) is 4.79 Å².